The van der Waals surface area contributed by atoms with Gasteiger partial charge in [0.15, 0.2) is 0 Å². The molecule has 1 atom stereocenters. The smallest absolute Gasteiger partial charge is 0.253 e. The Morgan fingerprint density at radius 3 is 2.50 bits per heavy atom. The number of carbonyl (C=O) groups excluding carboxylic acids is 1. The molecule has 4 heteroatoms. The van der Waals surface area contributed by atoms with E-state index in [1.165, 1.54) is 4.90 Å². The van der Waals surface area contributed by atoms with Crippen LogP contribution in [0.5, 0.6) is 5.75 Å². The van der Waals surface area contributed by atoms with Gasteiger partial charge in [-0.05, 0) is 37.6 Å². The van der Waals surface area contributed by atoms with E-state index in [1.807, 2.05) is 6.92 Å². The van der Waals surface area contributed by atoms with Gasteiger partial charge in [0.1, 0.15) is 5.75 Å². The van der Waals surface area contributed by atoms with Crippen molar-refractivity contribution in [3.8, 4) is 5.75 Å². The summed E-state index contributed by atoms with van der Waals surface area (Å²) in [5.74, 6) is 0.671. The van der Waals surface area contributed by atoms with E-state index in [9.17, 15) is 4.79 Å². The Kier molecular flexibility index (Phi) is 5.65. The molecule has 4 nitrogen and oxygen atoms in total. The van der Waals surface area contributed by atoms with Gasteiger partial charge in [0, 0.05) is 12.6 Å². The minimum Gasteiger partial charge on any atom is -0.494 e. The molecule has 100 valence electrons. The monoisotopic (exact) mass is 251 g/mol. The Bertz CT molecular complexity index is 375. The summed E-state index contributed by atoms with van der Waals surface area (Å²) >= 11 is 0. The van der Waals surface area contributed by atoms with Crippen LogP contribution in [0, 0.1) is 0 Å². The van der Waals surface area contributed by atoms with E-state index in [2.05, 4.69) is 0 Å². The van der Waals surface area contributed by atoms with Crippen LogP contribution in [-0.4, -0.2) is 42.2 Å². The summed E-state index contributed by atoms with van der Waals surface area (Å²) in [6, 6.07) is 6.89. The van der Waals surface area contributed by atoms with Gasteiger partial charge >= 0.3 is 0 Å². The number of hydrogen-bond donors (Lipinski definition) is 1. The highest BCUT2D eigenvalue weighted by atomic mass is 16.5. The second-order valence-electron chi connectivity index (χ2n) is 4.32. The molecule has 0 heterocycles. The molecule has 0 fully saturated rings. The average molecular weight is 251 g/mol. The number of amides is 1. The van der Waals surface area contributed by atoms with Crippen molar-refractivity contribution in [3.05, 3.63) is 29.8 Å². The average Bonchev–Trinajstić information content (AvgIpc) is 2.43. The van der Waals surface area contributed by atoms with Crippen LogP contribution in [0.4, 0.5) is 0 Å². The largest absolute Gasteiger partial charge is 0.494 e. The lowest BCUT2D eigenvalue weighted by Gasteiger charge is -2.23. The Hall–Kier alpha value is -1.55. The summed E-state index contributed by atoms with van der Waals surface area (Å²) < 4.78 is 5.45. The van der Waals surface area contributed by atoms with E-state index in [0.717, 1.165) is 12.2 Å². The van der Waals surface area contributed by atoms with Gasteiger partial charge in [-0.2, -0.15) is 0 Å². The van der Waals surface area contributed by atoms with Crippen molar-refractivity contribution in [3.63, 3.8) is 0 Å². The quantitative estimate of drug-likeness (QED) is 0.840. The summed E-state index contributed by atoms with van der Waals surface area (Å²) in [5, 5.41) is 9.03. The molecule has 1 aromatic carbocycles. The Morgan fingerprint density at radius 1 is 1.39 bits per heavy atom. The van der Waals surface area contributed by atoms with Crippen molar-refractivity contribution < 1.29 is 14.6 Å². The summed E-state index contributed by atoms with van der Waals surface area (Å²) in [6.45, 7) is 4.48. The third-order valence-electron chi connectivity index (χ3n) is 2.82. The zero-order valence-corrected chi connectivity index (χ0v) is 11.2. The first kappa shape index (κ1) is 14.5. The van der Waals surface area contributed by atoms with E-state index >= 15 is 0 Å². The number of rotatable bonds is 6. The van der Waals surface area contributed by atoms with Gasteiger partial charge in [-0.3, -0.25) is 4.79 Å². The van der Waals surface area contributed by atoms with Crippen LogP contribution in [0.1, 0.15) is 30.6 Å². The van der Waals surface area contributed by atoms with Gasteiger partial charge < -0.3 is 14.7 Å². The van der Waals surface area contributed by atoms with Gasteiger partial charge in [-0.25, -0.2) is 0 Å². The van der Waals surface area contributed by atoms with E-state index < -0.39 is 0 Å². The van der Waals surface area contributed by atoms with Gasteiger partial charge in [0.2, 0.25) is 0 Å². The fraction of sp³-hybridized carbons (Fsp3) is 0.500. The van der Waals surface area contributed by atoms with Crippen molar-refractivity contribution in [1.82, 2.24) is 4.90 Å². The molecule has 0 radical (unpaired) electrons. The fourth-order valence-corrected chi connectivity index (χ4v) is 1.44. The van der Waals surface area contributed by atoms with Crippen LogP contribution >= 0.6 is 0 Å². The first-order valence-electron chi connectivity index (χ1n) is 6.21. The van der Waals surface area contributed by atoms with Crippen LogP contribution < -0.4 is 4.74 Å². The molecule has 1 aromatic rings. The Morgan fingerprint density at radius 2 is 2.00 bits per heavy atom. The molecule has 0 aromatic heterocycles. The second-order valence-corrected chi connectivity index (χ2v) is 4.32. The lowest BCUT2D eigenvalue weighted by molar-refractivity contribution is 0.0682. The van der Waals surface area contributed by atoms with Crippen molar-refractivity contribution in [1.29, 1.82) is 0 Å². The minimum absolute atomic E-state index is 0.0417. The van der Waals surface area contributed by atoms with Crippen molar-refractivity contribution >= 4 is 5.91 Å². The van der Waals surface area contributed by atoms with Crippen molar-refractivity contribution in [2.45, 2.75) is 26.3 Å². The molecule has 0 saturated carbocycles. The van der Waals surface area contributed by atoms with Crippen LogP contribution in [0.3, 0.4) is 0 Å². The third-order valence-corrected chi connectivity index (χ3v) is 2.82. The second kappa shape index (κ2) is 7.01. The predicted molar refractivity (Wildman–Crippen MR) is 70.9 cm³/mol. The van der Waals surface area contributed by atoms with Gasteiger partial charge in [-0.1, -0.05) is 6.92 Å². The number of likely N-dealkylation sites (N-methyl/N-ethyl adjacent to an activating group) is 1. The van der Waals surface area contributed by atoms with Gasteiger partial charge in [0.05, 0.1) is 19.3 Å². The molecule has 18 heavy (non-hydrogen) atoms. The van der Waals surface area contributed by atoms with E-state index in [0.29, 0.717) is 12.2 Å². The molecule has 1 rings (SSSR count). The molecule has 0 aliphatic rings. The van der Waals surface area contributed by atoms with Crippen LogP contribution in [0.15, 0.2) is 24.3 Å². The summed E-state index contributed by atoms with van der Waals surface area (Å²) in [6.07, 6.45) is 0.956. The summed E-state index contributed by atoms with van der Waals surface area (Å²) in [5.41, 5.74) is 0.599. The third kappa shape index (κ3) is 3.74. The standard InChI is InChI=1S/C14H21NO3/c1-4-9-18-13-7-5-12(6-8-13)14(17)15(3)11(2)10-16/h5-8,11,16H,4,9-10H2,1-3H3. The molecule has 0 aliphatic heterocycles. The molecule has 0 saturated heterocycles. The number of carbonyl (C=O) groups is 1. The van der Waals surface area contributed by atoms with Crippen molar-refractivity contribution in [2.75, 3.05) is 20.3 Å². The highest BCUT2D eigenvalue weighted by Gasteiger charge is 2.16. The van der Waals surface area contributed by atoms with Gasteiger partial charge in [-0.15, -0.1) is 0 Å². The minimum atomic E-state index is -0.187. The zero-order valence-electron chi connectivity index (χ0n) is 11.2. The number of aliphatic hydroxyl groups excluding tert-OH is 1. The van der Waals surface area contributed by atoms with Crippen molar-refractivity contribution in [2.24, 2.45) is 0 Å². The number of nitrogens with zero attached hydrogens (tertiary/aromatic N) is 1. The summed E-state index contributed by atoms with van der Waals surface area (Å²) in [4.78, 5) is 13.6. The first-order chi connectivity index (χ1) is 8.60. The number of ether oxygens (including phenoxy) is 1. The topological polar surface area (TPSA) is 49.8 Å². The molecule has 1 unspecified atom stereocenters. The number of benzene rings is 1. The fourth-order valence-electron chi connectivity index (χ4n) is 1.44. The maximum atomic E-state index is 12.0. The maximum Gasteiger partial charge on any atom is 0.253 e. The van der Waals surface area contributed by atoms with Crippen LogP contribution in [0.2, 0.25) is 0 Å². The summed E-state index contributed by atoms with van der Waals surface area (Å²) in [7, 11) is 1.69. The number of aliphatic hydroxyl groups is 1. The SMILES string of the molecule is CCCOc1ccc(C(=O)N(C)C(C)CO)cc1. The lowest BCUT2D eigenvalue weighted by atomic mass is 10.1. The van der Waals surface area contributed by atoms with E-state index in [1.54, 1.807) is 38.2 Å². The molecule has 0 aliphatic carbocycles. The first-order valence-corrected chi connectivity index (χ1v) is 6.21. The van der Waals surface area contributed by atoms with Gasteiger partial charge in [0.25, 0.3) is 5.91 Å². The molecular weight excluding hydrogens is 230 g/mol. The maximum absolute atomic E-state index is 12.0. The number of hydrogen-bond acceptors (Lipinski definition) is 3. The van der Waals surface area contributed by atoms with Crippen LogP contribution in [-0.2, 0) is 0 Å². The lowest BCUT2D eigenvalue weighted by Crippen LogP contribution is -2.37. The van der Waals surface area contributed by atoms with Crippen LogP contribution in [0.25, 0.3) is 0 Å². The predicted octanol–water partition coefficient (Wildman–Crippen LogP) is 1.93. The Balaban J connectivity index is 2.69. The van der Waals surface area contributed by atoms with E-state index in [-0.39, 0.29) is 18.6 Å². The molecule has 1 N–H and O–H groups in total. The molecule has 1 amide bonds. The van der Waals surface area contributed by atoms with E-state index in [4.69, 9.17) is 9.84 Å². The highest BCUT2D eigenvalue weighted by molar-refractivity contribution is 5.94. The molecular formula is C14H21NO3. The highest BCUT2D eigenvalue weighted by Crippen LogP contribution is 2.14. The normalized spacial score (nSPS) is 12.0. The molecule has 0 spiro atoms. The Labute approximate surface area is 108 Å². The zero-order chi connectivity index (χ0) is 13.5. The molecule has 0 bridgehead atoms.